The zero-order valence-electron chi connectivity index (χ0n) is 15.3. The van der Waals surface area contributed by atoms with Crippen molar-refractivity contribution >= 4 is 44.7 Å². The van der Waals surface area contributed by atoms with E-state index in [1.807, 2.05) is 17.5 Å². The minimum Gasteiger partial charge on any atom is -0.507 e. The minimum absolute atomic E-state index is 0.0565. The van der Waals surface area contributed by atoms with E-state index in [0.29, 0.717) is 21.5 Å². The van der Waals surface area contributed by atoms with Gasteiger partial charge < -0.3 is 19.2 Å². The van der Waals surface area contributed by atoms with Crippen LogP contribution in [-0.4, -0.2) is 28.8 Å². The Labute approximate surface area is 179 Å². The summed E-state index contributed by atoms with van der Waals surface area (Å²) < 4.78 is 11.2. The maximum Gasteiger partial charge on any atom is 0.296 e. The number of benzene rings is 1. The second kappa shape index (κ2) is 7.88. The number of thiophene rings is 1. The van der Waals surface area contributed by atoms with Crippen molar-refractivity contribution in [1.82, 2.24) is 4.90 Å². The van der Waals surface area contributed by atoms with Crippen molar-refractivity contribution in [2.45, 2.75) is 12.6 Å². The number of nitrogens with zero attached hydrogens (tertiary/aromatic N) is 1. The molecule has 1 fully saturated rings. The van der Waals surface area contributed by atoms with Gasteiger partial charge in [-0.3, -0.25) is 9.59 Å². The lowest BCUT2D eigenvalue weighted by Gasteiger charge is -2.23. The van der Waals surface area contributed by atoms with Gasteiger partial charge in [-0.05, 0) is 57.7 Å². The highest BCUT2D eigenvalue weighted by molar-refractivity contribution is 9.10. The minimum atomic E-state index is -0.723. The highest BCUT2D eigenvalue weighted by Gasteiger charge is 2.46. The number of Topliss-reactive ketones (excluding diaryl/α,β-unsaturated/α-hetero) is 1. The zero-order valence-corrected chi connectivity index (χ0v) is 17.7. The smallest absolute Gasteiger partial charge is 0.296 e. The van der Waals surface area contributed by atoms with Gasteiger partial charge in [0.15, 0.2) is 0 Å². The van der Waals surface area contributed by atoms with Gasteiger partial charge in [0.1, 0.15) is 23.3 Å². The Morgan fingerprint density at radius 2 is 2.10 bits per heavy atom. The Bertz CT molecular complexity index is 1090. The number of ether oxygens (including phenoxy) is 1. The normalized spacial score (nSPS) is 18.4. The summed E-state index contributed by atoms with van der Waals surface area (Å²) in [5.74, 6) is -0.476. The molecule has 1 N–H and O–H groups in total. The molecule has 8 heteroatoms. The van der Waals surface area contributed by atoms with Crippen LogP contribution in [0.25, 0.3) is 5.76 Å². The van der Waals surface area contributed by atoms with Gasteiger partial charge in [-0.2, -0.15) is 0 Å². The predicted molar refractivity (Wildman–Crippen MR) is 112 cm³/mol. The summed E-state index contributed by atoms with van der Waals surface area (Å²) in [5.41, 5.74) is 0.469. The maximum atomic E-state index is 12.9. The fraction of sp³-hybridized carbons (Fsp3) is 0.143. The number of aliphatic hydroxyl groups is 1. The maximum absolute atomic E-state index is 12.9. The summed E-state index contributed by atoms with van der Waals surface area (Å²) in [4.78, 5) is 27.9. The molecule has 2 aromatic heterocycles. The molecular formula is C21H16BrNO5S. The van der Waals surface area contributed by atoms with E-state index in [1.54, 1.807) is 30.3 Å². The van der Waals surface area contributed by atoms with Crippen LogP contribution < -0.4 is 4.74 Å². The van der Waals surface area contributed by atoms with E-state index in [1.165, 1.54) is 29.6 Å². The third-order valence-corrected chi connectivity index (χ3v) is 6.23. The Morgan fingerprint density at radius 3 is 2.72 bits per heavy atom. The molecule has 1 atom stereocenters. The van der Waals surface area contributed by atoms with Crippen LogP contribution in [-0.2, 0) is 16.1 Å². The number of furan rings is 1. The van der Waals surface area contributed by atoms with Crippen LogP contribution in [0.4, 0.5) is 0 Å². The highest BCUT2D eigenvalue weighted by Crippen LogP contribution is 2.42. The number of hydrogen-bond acceptors (Lipinski definition) is 6. The highest BCUT2D eigenvalue weighted by atomic mass is 79.9. The van der Waals surface area contributed by atoms with Gasteiger partial charge in [0.05, 0.1) is 30.0 Å². The van der Waals surface area contributed by atoms with Crippen molar-refractivity contribution < 1.29 is 23.8 Å². The number of methoxy groups -OCH3 is 1. The lowest BCUT2D eigenvalue weighted by molar-refractivity contribution is -0.140. The van der Waals surface area contributed by atoms with Gasteiger partial charge in [0.25, 0.3) is 11.7 Å². The molecule has 3 aromatic rings. The number of aliphatic hydroxyl groups excluding tert-OH is 1. The molecule has 1 aliphatic heterocycles. The van der Waals surface area contributed by atoms with Gasteiger partial charge in [-0.25, -0.2) is 0 Å². The monoisotopic (exact) mass is 473 g/mol. The van der Waals surface area contributed by atoms with Crippen molar-refractivity contribution in [2.75, 3.05) is 7.11 Å². The average Bonchev–Trinajstić information content (AvgIpc) is 3.46. The zero-order chi connectivity index (χ0) is 20.5. The van der Waals surface area contributed by atoms with Gasteiger partial charge in [-0.1, -0.05) is 6.07 Å². The van der Waals surface area contributed by atoms with Crippen molar-refractivity contribution in [3.63, 3.8) is 0 Å². The first kappa shape index (κ1) is 19.5. The summed E-state index contributed by atoms with van der Waals surface area (Å²) in [6.45, 7) is 0.128. The molecule has 0 aliphatic carbocycles. The molecule has 1 saturated heterocycles. The van der Waals surface area contributed by atoms with Crippen molar-refractivity contribution in [2.24, 2.45) is 0 Å². The van der Waals surface area contributed by atoms with E-state index < -0.39 is 17.7 Å². The number of amides is 1. The van der Waals surface area contributed by atoms with E-state index >= 15 is 0 Å². The molecule has 0 saturated carbocycles. The first-order chi connectivity index (χ1) is 14.0. The number of halogens is 1. The Hall–Kier alpha value is -2.84. The van der Waals surface area contributed by atoms with Gasteiger partial charge in [0, 0.05) is 10.4 Å². The van der Waals surface area contributed by atoms with Crippen molar-refractivity contribution in [3.05, 3.63) is 80.4 Å². The third kappa shape index (κ3) is 3.49. The predicted octanol–water partition coefficient (Wildman–Crippen LogP) is 4.73. The van der Waals surface area contributed by atoms with Crippen LogP contribution in [0, 0.1) is 0 Å². The molecule has 0 spiro atoms. The summed E-state index contributed by atoms with van der Waals surface area (Å²) in [7, 11) is 1.54. The van der Waals surface area contributed by atoms with Gasteiger partial charge in [0.2, 0.25) is 0 Å². The first-order valence-electron chi connectivity index (χ1n) is 8.69. The fourth-order valence-electron chi connectivity index (χ4n) is 3.33. The molecule has 3 heterocycles. The second-order valence-corrected chi connectivity index (χ2v) is 8.20. The van der Waals surface area contributed by atoms with E-state index in [0.717, 1.165) is 4.88 Å². The second-order valence-electron chi connectivity index (χ2n) is 6.37. The molecule has 0 bridgehead atoms. The molecule has 1 aromatic carbocycles. The molecule has 1 unspecified atom stereocenters. The number of likely N-dealkylation sites (tertiary alicyclic amines) is 1. The van der Waals surface area contributed by atoms with Crippen molar-refractivity contribution in [3.8, 4) is 5.75 Å². The van der Waals surface area contributed by atoms with Gasteiger partial charge >= 0.3 is 0 Å². The molecule has 6 nitrogen and oxygen atoms in total. The molecule has 29 heavy (non-hydrogen) atoms. The Kier molecular flexibility index (Phi) is 5.29. The molecule has 1 amide bonds. The van der Waals surface area contributed by atoms with Crippen LogP contribution in [0.1, 0.15) is 22.2 Å². The molecule has 148 valence electrons. The van der Waals surface area contributed by atoms with E-state index in [4.69, 9.17) is 9.15 Å². The SMILES string of the molecule is COc1ccc(/C(O)=C2/C(=O)C(=O)N(Cc3ccco3)C2c2cccs2)cc1Br. The van der Waals surface area contributed by atoms with Crippen LogP contribution in [0.2, 0.25) is 0 Å². The summed E-state index contributed by atoms with van der Waals surface area (Å²) in [5, 5.41) is 12.9. The fourth-order valence-corrected chi connectivity index (χ4v) is 4.71. The van der Waals surface area contributed by atoms with Crippen molar-refractivity contribution in [1.29, 1.82) is 0 Å². The van der Waals surface area contributed by atoms with Gasteiger partial charge in [-0.15, -0.1) is 11.3 Å². The van der Waals surface area contributed by atoms with E-state index in [9.17, 15) is 14.7 Å². The lowest BCUT2D eigenvalue weighted by atomic mass is 10.00. The number of hydrogen-bond donors (Lipinski definition) is 1. The molecular weight excluding hydrogens is 458 g/mol. The van der Waals surface area contributed by atoms with Crippen LogP contribution >= 0.6 is 27.3 Å². The lowest BCUT2D eigenvalue weighted by Crippen LogP contribution is -2.28. The Balaban J connectivity index is 1.83. The summed E-state index contributed by atoms with van der Waals surface area (Å²) in [6, 6.07) is 11.4. The topological polar surface area (TPSA) is 80.0 Å². The number of rotatable bonds is 5. The number of carbonyl (C=O) groups excluding carboxylic acids is 2. The largest absolute Gasteiger partial charge is 0.507 e. The quantitative estimate of drug-likeness (QED) is 0.329. The first-order valence-corrected chi connectivity index (χ1v) is 10.4. The molecule has 4 rings (SSSR count). The molecule has 0 radical (unpaired) electrons. The Morgan fingerprint density at radius 1 is 1.28 bits per heavy atom. The molecule has 1 aliphatic rings. The van der Waals surface area contributed by atoms with Crippen LogP contribution in [0.15, 0.2) is 68.6 Å². The third-order valence-electron chi connectivity index (χ3n) is 4.68. The summed E-state index contributed by atoms with van der Waals surface area (Å²) in [6.07, 6.45) is 1.51. The van der Waals surface area contributed by atoms with E-state index in [2.05, 4.69) is 15.9 Å². The standard InChI is InChI=1S/C21H16BrNO5S/c1-27-15-7-6-12(10-14(15)22)19(24)17-18(16-5-3-9-29-16)23(21(26)20(17)25)11-13-4-2-8-28-13/h2-10,18,24H,11H2,1H3/b19-17-. The van der Waals surface area contributed by atoms with Crippen LogP contribution in [0.3, 0.4) is 0 Å². The number of ketones is 1. The van der Waals surface area contributed by atoms with Crippen LogP contribution in [0.5, 0.6) is 5.75 Å². The van der Waals surface area contributed by atoms with E-state index in [-0.39, 0.29) is 17.9 Å². The summed E-state index contributed by atoms with van der Waals surface area (Å²) >= 11 is 4.80. The number of carbonyl (C=O) groups is 2. The average molecular weight is 474 g/mol.